The standard InChI is InChI=1S/C17H24N2O/c1-17(2,3)9-8-15-4-6-16(7-5-15)20-13-12-19-11-10-18-14-19/h4-7,10-11,14H,8-9,12-13H2,1-3H3. The quantitative estimate of drug-likeness (QED) is 0.796. The van der Waals surface area contributed by atoms with Gasteiger partial charge < -0.3 is 9.30 Å². The van der Waals surface area contributed by atoms with E-state index >= 15 is 0 Å². The molecule has 108 valence electrons. The molecule has 0 spiro atoms. The van der Waals surface area contributed by atoms with Gasteiger partial charge in [-0.25, -0.2) is 4.98 Å². The highest BCUT2D eigenvalue weighted by Crippen LogP contribution is 2.22. The van der Waals surface area contributed by atoms with Gasteiger partial charge in [-0.2, -0.15) is 0 Å². The molecule has 0 amide bonds. The minimum atomic E-state index is 0.389. The number of imidazole rings is 1. The molecule has 0 saturated heterocycles. The van der Waals surface area contributed by atoms with Crippen molar-refractivity contribution >= 4 is 0 Å². The van der Waals surface area contributed by atoms with Gasteiger partial charge in [-0.05, 0) is 36.0 Å². The van der Waals surface area contributed by atoms with Crippen molar-refractivity contribution in [2.24, 2.45) is 5.41 Å². The van der Waals surface area contributed by atoms with E-state index in [1.165, 1.54) is 12.0 Å². The molecule has 2 aromatic rings. The van der Waals surface area contributed by atoms with E-state index in [1.807, 2.05) is 10.8 Å². The van der Waals surface area contributed by atoms with Crippen LogP contribution in [0.25, 0.3) is 0 Å². The molecule has 1 aromatic heterocycles. The summed E-state index contributed by atoms with van der Waals surface area (Å²) in [5.74, 6) is 0.935. The van der Waals surface area contributed by atoms with Crippen LogP contribution < -0.4 is 4.74 Å². The van der Waals surface area contributed by atoms with Crippen molar-refractivity contribution in [1.29, 1.82) is 0 Å². The third-order valence-corrected chi connectivity index (χ3v) is 3.26. The Morgan fingerprint density at radius 1 is 1.15 bits per heavy atom. The third-order valence-electron chi connectivity index (χ3n) is 3.26. The molecule has 0 aliphatic heterocycles. The van der Waals surface area contributed by atoms with Crippen molar-refractivity contribution in [2.45, 2.75) is 40.2 Å². The molecule has 3 heteroatoms. The van der Waals surface area contributed by atoms with Gasteiger partial charge in [0, 0.05) is 12.4 Å². The van der Waals surface area contributed by atoms with Crippen molar-refractivity contribution in [3.05, 3.63) is 48.5 Å². The average molecular weight is 272 g/mol. The van der Waals surface area contributed by atoms with Crippen LogP contribution in [0.2, 0.25) is 0 Å². The zero-order valence-electron chi connectivity index (χ0n) is 12.7. The average Bonchev–Trinajstić information content (AvgIpc) is 2.90. The highest BCUT2D eigenvalue weighted by Gasteiger charge is 2.09. The monoisotopic (exact) mass is 272 g/mol. The van der Waals surface area contributed by atoms with Gasteiger partial charge in [0.2, 0.25) is 0 Å². The number of ether oxygens (including phenoxy) is 1. The lowest BCUT2D eigenvalue weighted by atomic mass is 9.89. The minimum absolute atomic E-state index is 0.389. The molecule has 3 nitrogen and oxygen atoms in total. The molecule has 0 radical (unpaired) electrons. The second-order valence-electron chi connectivity index (χ2n) is 6.35. The number of aryl methyl sites for hydroxylation is 1. The van der Waals surface area contributed by atoms with Crippen molar-refractivity contribution < 1.29 is 4.74 Å². The molecule has 0 saturated carbocycles. The van der Waals surface area contributed by atoms with Gasteiger partial charge in [0.05, 0.1) is 12.9 Å². The van der Waals surface area contributed by atoms with Crippen molar-refractivity contribution in [2.75, 3.05) is 6.61 Å². The summed E-state index contributed by atoms with van der Waals surface area (Å²) >= 11 is 0. The smallest absolute Gasteiger partial charge is 0.119 e. The fraction of sp³-hybridized carbons (Fsp3) is 0.471. The molecule has 0 aliphatic rings. The lowest BCUT2D eigenvalue weighted by Crippen LogP contribution is -2.07. The lowest BCUT2D eigenvalue weighted by molar-refractivity contribution is 0.298. The summed E-state index contributed by atoms with van der Waals surface area (Å²) in [4.78, 5) is 4.01. The predicted octanol–water partition coefficient (Wildman–Crippen LogP) is 3.94. The topological polar surface area (TPSA) is 27.1 Å². The third kappa shape index (κ3) is 5.08. The number of hydrogen-bond donors (Lipinski definition) is 0. The molecule has 0 unspecified atom stereocenters. The lowest BCUT2D eigenvalue weighted by Gasteiger charge is -2.17. The van der Waals surface area contributed by atoms with Crippen LogP contribution >= 0.6 is 0 Å². The Bertz CT molecular complexity index is 495. The fourth-order valence-electron chi connectivity index (χ4n) is 1.96. The van der Waals surface area contributed by atoms with Crippen LogP contribution in [0.4, 0.5) is 0 Å². The summed E-state index contributed by atoms with van der Waals surface area (Å²) in [6, 6.07) is 8.45. The summed E-state index contributed by atoms with van der Waals surface area (Å²) in [5.41, 5.74) is 1.77. The highest BCUT2D eigenvalue weighted by molar-refractivity contribution is 5.27. The zero-order chi connectivity index (χ0) is 14.4. The van der Waals surface area contributed by atoms with Crippen LogP contribution in [0, 0.1) is 5.41 Å². The molecular formula is C17H24N2O. The van der Waals surface area contributed by atoms with Crippen LogP contribution in [0.15, 0.2) is 43.0 Å². The van der Waals surface area contributed by atoms with E-state index in [0.29, 0.717) is 12.0 Å². The first kappa shape index (κ1) is 14.6. The summed E-state index contributed by atoms with van der Waals surface area (Å²) in [5, 5.41) is 0. The first-order valence-corrected chi connectivity index (χ1v) is 7.20. The number of aromatic nitrogens is 2. The fourth-order valence-corrected chi connectivity index (χ4v) is 1.96. The van der Waals surface area contributed by atoms with E-state index in [9.17, 15) is 0 Å². The van der Waals surface area contributed by atoms with Gasteiger partial charge in [0.1, 0.15) is 12.4 Å². The molecular weight excluding hydrogens is 248 g/mol. The molecule has 0 atom stereocenters. The Morgan fingerprint density at radius 3 is 2.50 bits per heavy atom. The molecule has 0 bridgehead atoms. The molecule has 2 rings (SSSR count). The SMILES string of the molecule is CC(C)(C)CCc1ccc(OCCn2ccnc2)cc1. The zero-order valence-corrected chi connectivity index (χ0v) is 12.7. The number of benzene rings is 1. The van der Waals surface area contributed by atoms with Gasteiger partial charge in [-0.15, -0.1) is 0 Å². The predicted molar refractivity (Wildman–Crippen MR) is 81.9 cm³/mol. The molecule has 0 aliphatic carbocycles. The van der Waals surface area contributed by atoms with Gasteiger partial charge in [0.15, 0.2) is 0 Å². The largest absolute Gasteiger partial charge is 0.492 e. The van der Waals surface area contributed by atoms with Crippen molar-refractivity contribution in [3.63, 3.8) is 0 Å². The first-order valence-electron chi connectivity index (χ1n) is 7.20. The Labute approximate surface area is 121 Å². The minimum Gasteiger partial charge on any atom is -0.492 e. The number of nitrogens with zero attached hydrogens (tertiary/aromatic N) is 2. The summed E-state index contributed by atoms with van der Waals surface area (Å²) in [6.07, 6.45) is 7.86. The molecule has 0 fully saturated rings. The maximum Gasteiger partial charge on any atom is 0.119 e. The Morgan fingerprint density at radius 2 is 1.90 bits per heavy atom. The van der Waals surface area contributed by atoms with Crippen LogP contribution in [0.5, 0.6) is 5.75 Å². The van der Waals surface area contributed by atoms with E-state index in [4.69, 9.17) is 4.74 Å². The van der Waals surface area contributed by atoms with Crippen LogP contribution in [-0.2, 0) is 13.0 Å². The number of rotatable bonds is 6. The second-order valence-corrected chi connectivity index (χ2v) is 6.35. The van der Waals surface area contributed by atoms with Gasteiger partial charge in [-0.3, -0.25) is 0 Å². The van der Waals surface area contributed by atoms with E-state index in [1.54, 1.807) is 12.5 Å². The van der Waals surface area contributed by atoms with Gasteiger partial charge in [-0.1, -0.05) is 32.9 Å². The highest BCUT2D eigenvalue weighted by atomic mass is 16.5. The Balaban J connectivity index is 1.76. The van der Waals surface area contributed by atoms with E-state index in [-0.39, 0.29) is 0 Å². The van der Waals surface area contributed by atoms with E-state index in [2.05, 4.69) is 50.0 Å². The Hall–Kier alpha value is -1.77. The molecule has 0 N–H and O–H groups in total. The van der Waals surface area contributed by atoms with E-state index in [0.717, 1.165) is 18.7 Å². The maximum absolute atomic E-state index is 5.73. The Kier molecular flexibility index (Phi) is 4.83. The first-order chi connectivity index (χ1) is 9.53. The van der Waals surface area contributed by atoms with Gasteiger partial charge >= 0.3 is 0 Å². The van der Waals surface area contributed by atoms with Crippen LogP contribution in [0.3, 0.4) is 0 Å². The van der Waals surface area contributed by atoms with Crippen LogP contribution in [0.1, 0.15) is 32.8 Å². The van der Waals surface area contributed by atoms with Crippen molar-refractivity contribution in [1.82, 2.24) is 9.55 Å². The molecule has 1 heterocycles. The van der Waals surface area contributed by atoms with Crippen LogP contribution in [-0.4, -0.2) is 16.2 Å². The normalized spacial score (nSPS) is 11.6. The summed E-state index contributed by atoms with van der Waals surface area (Å²) in [7, 11) is 0. The molecule has 1 aromatic carbocycles. The maximum atomic E-state index is 5.73. The summed E-state index contributed by atoms with van der Waals surface area (Å²) < 4.78 is 7.74. The van der Waals surface area contributed by atoms with Crippen molar-refractivity contribution in [3.8, 4) is 5.75 Å². The van der Waals surface area contributed by atoms with Gasteiger partial charge in [0.25, 0.3) is 0 Å². The van der Waals surface area contributed by atoms with E-state index < -0.39 is 0 Å². The second kappa shape index (κ2) is 6.60. The number of hydrogen-bond acceptors (Lipinski definition) is 2. The summed E-state index contributed by atoms with van der Waals surface area (Å²) in [6.45, 7) is 8.32. The molecule has 20 heavy (non-hydrogen) atoms.